The van der Waals surface area contributed by atoms with Crippen molar-refractivity contribution in [2.24, 2.45) is 0 Å². The van der Waals surface area contributed by atoms with Crippen molar-refractivity contribution in [3.8, 4) is 17.2 Å². The number of hydrogen-bond acceptors (Lipinski definition) is 8. The standard InChI is InChI=1S/C21H27N3O6S/c1-5-28-15-10-13(11-16(29-6-2)18(15)30-7-3)19(25)24-9-8-14-17(12-24)31-20(22-14)23-21(26)27-4/h10-11H,5-9,12H2,1-4H3,(H,22,23,26). The number of fused-ring (bicyclic) bond motifs is 1. The van der Waals surface area contributed by atoms with E-state index < -0.39 is 6.09 Å². The molecule has 0 bridgehead atoms. The van der Waals surface area contributed by atoms with Gasteiger partial charge in [0, 0.05) is 23.4 Å². The Morgan fingerprint density at radius 2 is 1.74 bits per heavy atom. The molecule has 1 aliphatic rings. The van der Waals surface area contributed by atoms with Crippen LogP contribution in [0, 0.1) is 0 Å². The van der Waals surface area contributed by atoms with Gasteiger partial charge in [-0.05, 0) is 32.9 Å². The third-order valence-corrected chi connectivity index (χ3v) is 5.57. The molecule has 2 heterocycles. The SMILES string of the molecule is CCOc1cc(C(=O)N2CCc3nc(NC(=O)OC)sc3C2)cc(OCC)c1OCC. The number of anilines is 1. The third kappa shape index (κ3) is 5.19. The zero-order valence-electron chi connectivity index (χ0n) is 18.1. The minimum atomic E-state index is -0.569. The Balaban J connectivity index is 1.85. The molecule has 2 amide bonds. The van der Waals surface area contributed by atoms with E-state index in [2.05, 4.69) is 15.0 Å². The number of amides is 2. The van der Waals surface area contributed by atoms with Crippen LogP contribution in [0.25, 0.3) is 0 Å². The first kappa shape index (κ1) is 22.7. The maximum atomic E-state index is 13.3. The van der Waals surface area contributed by atoms with Crippen molar-refractivity contribution in [1.29, 1.82) is 0 Å². The molecule has 1 aromatic heterocycles. The van der Waals surface area contributed by atoms with Crippen molar-refractivity contribution in [2.45, 2.75) is 33.7 Å². The van der Waals surface area contributed by atoms with E-state index in [0.717, 1.165) is 10.6 Å². The van der Waals surface area contributed by atoms with Gasteiger partial charge in [-0.15, -0.1) is 0 Å². The second-order valence-corrected chi connectivity index (χ2v) is 7.67. The van der Waals surface area contributed by atoms with E-state index in [1.165, 1.54) is 18.4 Å². The normalized spacial score (nSPS) is 12.7. The molecule has 0 atom stereocenters. The van der Waals surface area contributed by atoms with Crippen molar-refractivity contribution in [2.75, 3.05) is 38.8 Å². The lowest BCUT2D eigenvalue weighted by Crippen LogP contribution is -2.35. The topological polar surface area (TPSA) is 99.2 Å². The van der Waals surface area contributed by atoms with E-state index in [1.54, 1.807) is 17.0 Å². The van der Waals surface area contributed by atoms with Gasteiger partial charge in [0.25, 0.3) is 5.91 Å². The highest BCUT2D eigenvalue weighted by atomic mass is 32.1. The first-order valence-electron chi connectivity index (χ1n) is 10.2. The average molecular weight is 450 g/mol. The van der Waals surface area contributed by atoms with Crippen LogP contribution in [0.5, 0.6) is 17.2 Å². The molecule has 1 N–H and O–H groups in total. The predicted octanol–water partition coefficient (Wildman–Crippen LogP) is 3.72. The zero-order valence-corrected chi connectivity index (χ0v) is 19.0. The van der Waals surface area contributed by atoms with E-state index in [-0.39, 0.29) is 5.91 Å². The molecule has 0 saturated heterocycles. The number of thiazole rings is 1. The van der Waals surface area contributed by atoms with Gasteiger partial charge < -0.3 is 23.8 Å². The van der Waals surface area contributed by atoms with Gasteiger partial charge in [-0.3, -0.25) is 10.1 Å². The van der Waals surface area contributed by atoms with Crippen LogP contribution >= 0.6 is 11.3 Å². The lowest BCUT2D eigenvalue weighted by atomic mass is 10.1. The van der Waals surface area contributed by atoms with Crippen LogP contribution in [0.3, 0.4) is 0 Å². The molecule has 0 fully saturated rings. The Bertz CT molecular complexity index is 918. The van der Waals surface area contributed by atoms with Gasteiger partial charge in [-0.25, -0.2) is 9.78 Å². The lowest BCUT2D eigenvalue weighted by Gasteiger charge is -2.27. The molecule has 31 heavy (non-hydrogen) atoms. The highest BCUT2D eigenvalue weighted by Crippen LogP contribution is 2.40. The Hall–Kier alpha value is -3.01. The molecule has 1 aromatic carbocycles. The maximum Gasteiger partial charge on any atom is 0.413 e. The van der Waals surface area contributed by atoms with Gasteiger partial charge in [0.2, 0.25) is 5.75 Å². The minimum absolute atomic E-state index is 0.133. The quantitative estimate of drug-likeness (QED) is 0.656. The monoisotopic (exact) mass is 449 g/mol. The number of carbonyl (C=O) groups excluding carboxylic acids is 2. The Morgan fingerprint density at radius 3 is 2.32 bits per heavy atom. The van der Waals surface area contributed by atoms with Crippen molar-refractivity contribution in [3.05, 3.63) is 28.3 Å². The van der Waals surface area contributed by atoms with Crippen LogP contribution < -0.4 is 19.5 Å². The van der Waals surface area contributed by atoms with Gasteiger partial charge in [0.15, 0.2) is 16.6 Å². The van der Waals surface area contributed by atoms with Crippen molar-refractivity contribution in [3.63, 3.8) is 0 Å². The molecule has 2 aromatic rings. The number of hydrogen-bond donors (Lipinski definition) is 1. The summed E-state index contributed by atoms with van der Waals surface area (Å²) in [5.41, 5.74) is 1.35. The fraction of sp³-hybridized carbons (Fsp3) is 0.476. The summed E-state index contributed by atoms with van der Waals surface area (Å²) in [5, 5.41) is 3.04. The smallest absolute Gasteiger partial charge is 0.413 e. The summed E-state index contributed by atoms with van der Waals surface area (Å²) >= 11 is 1.34. The lowest BCUT2D eigenvalue weighted by molar-refractivity contribution is 0.0735. The highest BCUT2D eigenvalue weighted by molar-refractivity contribution is 7.15. The summed E-state index contributed by atoms with van der Waals surface area (Å²) in [4.78, 5) is 31.8. The van der Waals surface area contributed by atoms with Crippen molar-refractivity contribution in [1.82, 2.24) is 9.88 Å². The van der Waals surface area contributed by atoms with Gasteiger partial charge in [-0.2, -0.15) is 0 Å². The predicted molar refractivity (Wildman–Crippen MR) is 117 cm³/mol. The second kappa shape index (κ2) is 10.3. The van der Waals surface area contributed by atoms with Crippen molar-refractivity contribution >= 4 is 28.5 Å². The molecular formula is C21H27N3O6S. The summed E-state index contributed by atoms with van der Waals surface area (Å²) in [5.74, 6) is 1.34. The molecule has 1 aliphatic heterocycles. The van der Waals surface area contributed by atoms with E-state index in [1.807, 2.05) is 20.8 Å². The molecular weight excluding hydrogens is 422 g/mol. The molecule has 168 valence electrons. The number of benzene rings is 1. The van der Waals surface area contributed by atoms with Crippen LogP contribution in [0.15, 0.2) is 12.1 Å². The van der Waals surface area contributed by atoms with Crippen LogP contribution in [0.1, 0.15) is 41.7 Å². The number of ether oxygens (including phenoxy) is 4. The Kier molecular flexibility index (Phi) is 7.56. The van der Waals surface area contributed by atoms with E-state index in [9.17, 15) is 9.59 Å². The summed E-state index contributed by atoms with van der Waals surface area (Å²) in [6.45, 7) is 7.90. The second-order valence-electron chi connectivity index (χ2n) is 6.58. The van der Waals surface area contributed by atoms with Crippen molar-refractivity contribution < 1.29 is 28.5 Å². The molecule has 10 heteroatoms. The molecule has 3 rings (SSSR count). The molecule has 0 saturated carbocycles. The number of carbonyl (C=O) groups is 2. The largest absolute Gasteiger partial charge is 0.490 e. The number of rotatable bonds is 8. The fourth-order valence-electron chi connectivity index (χ4n) is 3.26. The number of nitrogens with one attached hydrogen (secondary N) is 1. The zero-order chi connectivity index (χ0) is 22.4. The number of methoxy groups -OCH3 is 1. The van der Waals surface area contributed by atoms with Crippen LogP contribution in [0.4, 0.5) is 9.93 Å². The summed E-state index contributed by atoms with van der Waals surface area (Å²) in [6.07, 6.45) is 0.0361. The van der Waals surface area contributed by atoms with Gasteiger partial charge in [0.05, 0.1) is 39.2 Å². The first-order chi connectivity index (χ1) is 15.0. The first-order valence-corrected chi connectivity index (χ1v) is 11.0. The fourth-order valence-corrected chi connectivity index (χ4v) is 4.26. The highest BCUT2D eigenvalue weighted by Gasteiger charge is 2.27. The van der Waals surface area contributed by atoms with Gasteiger partial charge in [-0.1, -0.05) is 11.3 Å². The van der Waals surface area contributed by atoms with Crippen LogP contribution in [-0.2, 0) is 17.7 Å². The van der Waals surface area contributed by atoms with E-state index in [4.69, 9.17) is 14.2 Å². The van der Waals surface area contributed by atoms with Crippen LogP contribution in [0.2, 0.25) is 0 Å². The average Bonchev–Trinajstić information content (AvgIpc) is 3.16. The van der Waals surface area contributed by atoms with E-state index in [0.29, 0.717) is 67.3 Å². The number of aromatic nitrogens is 1. The molecule has 0 spiro atoms. The van der Waals surface area contributed by atoms with E-state index >= 15 is 0 Å². The third-order valence-electron chi connectivity index (χ3n) is 4.57. The van der Waals surface area contributed by atoms with Crippen LogP contribution in [-0.4, -0.2) is 55.4 Å². The molecule has 0 radical (unpaired) electrons. The minimum Gasteiger partial charge on any atom is -0.490 e. The summed E-state index contributed by atoms with van der Waals surface area (Å²) in [6, 6.07) is 3.40. The maximum absolute atomic E-state index is 13.3. The Morgan fingerprint density at radius 1 is 1.10 bits per heavy atom. The molecule has 9 nitrogen and oxygen atoms in total. The summed E-state index contributed by atoms with van der Waals surface area (Å²) < 4.78 is 21.8. The van der Waals surface area contributed by atoms with Gasteiger partial charge >= 0.3 is 6.09 Å². The molecule has 0 unspecified atom stereocenters. The summed E-state index contributed by atoms with van der Waals surface area (Å²) in [7, 11) is 1.30. The molecule has 0 aliphatic carbocycles. The number of nitrogens with zero attached hydrogens (tertiary/aromatic N) is 2. The van der Waals surface area contributed by atoms with Gasteiger partial charge in [0.1, 0.15) is 0 Å². The Labute approximate surface area is 185 Å².